The molecular weight excluding hydrogens is 270 g/mol. The Morgan fingerprint density at radius 2 is 2.00 bits per heavy atom. The summed E-state index contributed by atoms with van der Waals surface area (Å²) < 4.78 is 6.69. The number of hydrogen-bond donors (Lipinski definition) is 1. The van der Waals surface area contributed by atoms with Crippen LogP contribution in [0, 0.1) is 11.3 Å². The van der Waals surface area contributed by atoms with Crippen molar-refractivity contribution < 1.29 is 4.74 Å². The van der Waals surface area contributed by atoms with Gasteiger partial charge in [0, 0.05) is 5.69 Å². The Morgan fingerprint density at radius 3 is 2.75 bits per heavy atom. The van der Waals surface area contributed by atoms with Gasteiger partial charge in [-0.25, -0.2) is 4.98 Å². The van der Waals surface area contributed by atoms with E-state index in [2.05, 4.69) is 11.1 Å². The number of anilines is 1. The van der Waals surface area contributed by atoms with Crippen molar-refractivity contribution in [2.24, 2.45) is 0 Å². The summed E-state index contributed by atoms with van der Waals surface area (Å²) in [6.07, 6.45) is 0. The molecule has 0 amide bonds. The molecule has 2 aromatic carbocycles. The summed E-state index contributed by atoms with van der Waals surface area (Å²) in [4.78, 5) is 4.19. The van der Waals surface area contributed by atoms with Crippen LogP contribution in [-0.2, 0) is 6.61 Å². The third-order valence-corrected chi connectivity index (χ3v) is 3.76. The number of rotatable bonds is 3. The van der Waals surface area contributed by atoms with Crippen LogP contribution in [-0.4, -0.2) is 4.98 Å². The number of nitrogens with zero attached hydrogens (tertiary/aromatic N) is 2. The van der Waals surface area contributed by atoms with Crippen LogP contribution in [0.3, 0.4) is 0 Å². The number of nitriles is 1. The summed E-state index contributed by atoms with van der Waals surface area (Å²) in [5.74, 6) is 0.766. The van der Waals surface area contributed by atoms with E-state index in [4.69, 9.17) is 15.7 Å². The van der Waals surface area contributed by atoms with E-state index in [-0.39, 0.29) is 0 Å². The first-order valence-electron chi connectivity index (χ1n) is 6.02. The highest BCUT2D eigenvalue weighted by Crippen LogP contribution is 2.26. The average Bonchev–Trinajstić information content (AvgIpc) is 2.89. The molecule has 0 unspecified atom stereocenters. The van der Waals surface area contributed by atoms with Gasteiger partial charge in [0.1, 0.15) is 18.4 Å². The monoisotopic (exact) mass is 281 g/mol. The van der Waals surface area contributed by atoms with E-state index in [1.165, 1.54) is 11.3 Å². The third kappa shape index (κ3) is 2.56. The number of fused-ring (bicyclic) bond motifs is 1. The topological polar surface area (TPSA) is 71.9 Å². The Morgan fingerprint density at radius 1 is 1.20 bits per heavy atom. The zero-order valence-corrected chi connectivity index (χ0v) is 11.4. The van der Waals surface area contributed by atoms with E-state index < -0.39 is 0 Å². The maximum atomic E-state index is 8.84. The van der Waals surface area contributed by atoms with Gasteiger partial charge in [0.25, 0.3) is 0 Å². The Balaban J connectivity index is 1.77. The Hall–Kier alpha value is -2.58. The number of nitrogen functional groups attached to an aromatic ring is 1. The molecule has 0 aliphatic carbocycles. The van der Waals surface area contributed by atoms with Crippen molar-refractivity contribution in [1.29, 1.82) is 5.26 Å². The minimum absolute atomic E-state index is 0.468. The second-order valence-corrected chi connectivity index (χ2v) is 5.32. The SMILES string of the molecule is N#Cc1nc2ccc(OCc3ccc(N)cc3)cc2s1. The zero-order valence-electron chi connectivity index (χ0n) is 10.5. The van der Waals surface area contributed by atoms with Crippen LogP contribution in [0.1, 0.15) is 10.6 Å². The van der Waals surface area contributed by atoms with Gasteiger partial charge in [0.05, 0.1) is 10.2 Å². The molecule has 3 rings (SSSR count). The fourth-order valence-electron chi connectivity index (χ4n) is 1.82. The standard InChI is InChI=1S/C15H11N3OS/c16-8-15-18-13-6-5-12(7-14(13)20-15)19-9-10-1-3-11(17)4-2-10/h1-7H,9,17H2. The lowest BCUT2D eigenvalue weighted by atomic mass is 10.2. The molecule has 0 aliphatic heterocycles. The maximum absolute atomic E-state index is 8.84. The smallest absolute Gasteiger partial charge is 0.195 e. The lowest BCUT2D eigenvalue weighted by Gasteiger charge is -2.06. The highest BCUT2D eigenvalue weighted by molar-refractivity contribution is 7.19. The van der Waals surface area contributed by atoms with Crippen LogP contribution in [0.4, 0.5) is 5.69 Å². The van der Waals surface area contributed by atoms with Gasteiger partial charge >= 0.3 is 0 Å². The zero-order chi connectivity index (χ0) is 13.9. The molecule has 98 valence electrons. The molecule has 0 radical (unpaired) electrons. The summed E-state index contributed by atoms with van der Waals surface area (Å²) in [5.41, 5.74) is 8.26. The second kappa shape index (κ2) is 5.19. The average molecular weight is 281 g/mol. The van der Waals surface area contributed by atoms with Crippen LogP contribution in [0.25, 0.3) is 10.2 Å². The fourth-order valence-corrected chi connectivity index (χ4v) is 2.61. The molecule has 0 fully saturated rings. The van der Waals surface area contributed by atoms with Gasteiger partial charge in [-0.15, -0.1) is 11.3 Å². The van der Waals surface area contributed by atoms with Gasteiger partial charge in [-0.3, -0.25) is 0 Å². The summed E-state index contributed by atoms with van der Waals surface area (Å²) >= 11 is 1.37. The number of aromatic nitrogens is 1. The van der Waals surface area contributed by atoms with Crippen LogP contribution in [0.5, 0.6) is 5.75 Å². The molecule has 0 aliphatic rings. The molecule has 1 aromatic heterocycles. The first-order chi connectivity index (χ1) is 9.74. The minimum atomic E-state index is 0.468. The lowest BCUT2D eigenvalue weighted by Crippen LogP contribution is -1.95. The molecule has 0 spiro atoms. The van der Waals surface area contributed by atoms with Gasteiger partial charge in [-0.05, 0) is 35.9 Å². The molecule has 2 N–H and O–H groups in total. The third-order valence-electron chi connectivity index (χ3n) is 2.84. The van der Waals surface area contributed by atoms with E-state index in [0.717, 1.165) is 27.2 Å². The Bertz CT molecular complexity index is 787. The number of benzene rings is 2. The molecule has 0 atom stereocenters. The Labute approximate surface area is 120 Å². The fraction of sp³-hybridized carbons (Fsp3) is 0.0667. The summed E-state index contributed by atoms with van der Waals surface area (Å²) in [5, 5.41) is 9.31. The van der Waals surface area contributed by atoms with E-state index in [1.807, 2.05) is 42.5 Å². The minimum Gasteiger partial charge on any atom is -0.489 e. The van der Waals surface area contributed by atoms with Gasteiger partial charge in [-0.2, -0.15) is 5.26 Å². The molecule has 0 bridgehead atoms. The van der Waals surface area contributed by atoms with Gasteiger partial charge in [0.15, 0.2) is 5.01 Å². The molecule has 20 heavy (non-hydrogen) atoms. The Kier molecular flexibility index (Phi) is 3.23. The molecule has 1 heterocycles. The molecule has 0 saturated heterocycles. The van der Waals surface area contributed by atoms with E-state index in [1.54, 1.807) is 0 Å². The summed E-state index contributed by atoms with van der Waals surface area (Å²) in [6.45, 7) is 0.482. The molecule has 0 saturated carbocycles. The first kappa shape index (κ1) is 12.5. The van der Waals surface area contributed by atoms with Gasteiger partial charge in [-0.1, -0.05) is 12.1 Å². The van der Waals surface area contributed by atoms with Gasteiger partial charge < -0.3 is 10.5 Å². The maximum Gasteiger partial charge on any atom is 0.195 e. The van der Waals surface area contributed by atoms with Crippen molar-refractivity contribution in [3.8, 4) is 11.8 Å². The number of thiazole rings is 1. The summed E-state index contributed by atoms with van der Waals surface area (Å²) in [7, 11) is 0. The number of hydrogen-bond acceptors (Lipinski definition) is 5. The van der Waals surface area contributed by atoms with Crippen molar-refractivity contribution >= 4 is 27.2 Å². The normalized spacial score (nSPS) is 10.3. The quantitative estimate of drug-likeness (QED) is 0.747. The molecule has 3 aromatic rings. The highest BCUT2D eigenvalue weighted by Gasteiger charge is 2.04. The first-order valence-corrected chi connectivity index (χ1v) is 6.84. The van der Waals surface area contributed by atoms with E-state index in [9.17, 15) is 0 Å². The lowest BCUT2D eigenvalue weighted by molar-refractivity contribution is 0.306. The van der Waals surface area contributed by atoms with Crippen molar-refractivity contribution in [1.82, 2.24) is 4.98 Å². The largest absolute Gasteiger partial charge is 0.489 e. The van der Waals surface area contributed by atoms with Crippen molar-refractivity contribution in [2.75, 3.05) is 5.73 Å². The van der Waals surface area contributed by atoms with Crippen LogP contribution >= 0.6 is 11.3 Å². The van der Waals surface area contributed by atoms with E-state index >= 15 is 0 Å². The predicted octanol–water partition coefficient (Wildman–Crippen LogP) is 3.33. The van der Waals surface area contributed by atoms with Crippen molar-refractivity contribution in [3.05, 3.63) is 53.0 Å². The van der Waals surface area contributed by atoms with Crippen LogP contribution in [0.2, 0.25) is 0 Å². The summed E-state index contributed by atoms with van der Waals surface area (Å²) in [6, 6.07) is 15.3. The molecule has 5 heteroatoms. The van der Waals surface area contributed by atoms with Gasteiger partial charge in [0.2, 0.25) is 0 Å². The van der Waals surface area contributed by atoms with Crippen molar-refractivity contribution in [3.63, 3.8) is 0 Å². The molecular formula is C15H11N3OS. The van der Waals surface area contributed by atoms with E-state index in [0.29, 0.717) is 11.6 Å². The predicted molar refractivity (Wildman–Crippen MR) is 79.5 cm³/mol. The highest BCUT2D eigenvalue weighted by atomic mass is 32.1. The van der Waals surface area contributed by atoms with Crippen molar-refractivity contribution in [2.45, 2.75) is 6.61 Å². The number of nitrogens with two attached hydrogens (primary N) is 1. The second-order valence-electron chi connectivity index (χ2n) is 4.29. The number of ether oxygens (including phenoxy) is 1. The van der Waals surface area contributed by atoms with Crippen LogP contribution in [0.15, 0.2) is 42.5 Å². The molecule has 4 nitrogen and oxygen atoms in total. The van der Waals surface area contributed by atoms with Crippen LogP contribution < -0.4 is 10.5 Å².